The van der Waals surface area contributed by atoms with Crippen molar-refractivity contribution in [3.05, 3.63) is 65.7 Å². The van der Waals surface area contributed by atoms with Crippen molar-refractivity contribution in [3.63, 3.8) is 0 Å². The van der Waals surface area contributed by atoms with Crippen LogP contribution < -0.4 is 4.74 Å². The van der Waals surface area contributed by atoms with Gasteiger partial charge >= 0.3 is 0 Å². The van der Waals surface area contributed by atoms with Gasteiger partial charge in [0.15, 0.2) is 5.78 Å². The van der Waals surface area contributed by atoms with Crippen molar-refractivity contribution in [2.24, 2.45) is 0 Å². The van der Waals surface area contributed by atoms with Gasteiger partial charge in [0, 0.05) is 11.1 Å². The van der Waals surface area contributed by atoms with Gasteiger partial charge in [-0.2, -0.15) is 12.6 Å². The van der Waals surface area contributed by atoms with Crippen molar-refractivity contribution in [2.45, 2.75) is 38.5 Å². The molecule has 0 saturated carbocycles. The maximum absolute atomic E-state index is 12.3. The van der Waals surface area contributed by atoms with Gasteiger partial charge in [0.05, 0.1) is 6.61 Å². The van der Waals surface area contributed by atoms with E-state index in [9.17, 15) is 4.79 Å². The van der Waals surface area contributed by atoms with E-state index < -0.39 is 0 Å². The molecule has 0 spiro atoms. The Morgan fingerprint density at radius 2 is 1.33 bits per heavy atom. The number of hydrogen-bond donors (Lipinski definition) is 1. The quantitative estimate of drug-likeness (QED) is 0.328. The highest BCUT2D eigenvalue weighted by Crippen LogP contribution is 2.16. The molecule has 0 atom stereocenters. The molecule has 2 nitrogen and oxygen atoms in total. The minimum Gasteiger partial charge on any atom is -0.494 e. The minimum absolute atomic E-state index is 0.0448. The molecule has 0 heterocycles. The summed E-state index contributed by atoms with van der Waals surface area (Å²) in [5, 5.41) is 0. The Hall–Kier alpha value is -1.74. The highest BCUT2D eigenvalue weighted by Gasteiger charge is 2.08. The number of carbonyl (C=O) groups excluding carboxylic acids is 1. The summed E-state index contributed by atoms with van der Waals surface area (Å²) in [6, 6.07) is 16.8. The Morgan fingerprint density at radius 1 is 0.750 bits per heavy atom. The van der Waals surface area contributed by atoms with Crippen LogP contribution >= 0.6 is 12.6 Å². The number of unbranched alkanes of at least 4 members (excludes halogenated alkanes) is 5. The van der Waals surface area contributed by atoms with Gasteiger partial charge in [-0.05, 0) is 42.9 Å². The Bertz CT molecular complexity index is 593. The number of thiol groups is 1. The lowest BCUT2D eigenvalue weighted by Crippen LogP contribution is -2.01. The molecule has 0 N–H and O–H groups in total. The van der Waals surface area contributed by atoms with E-state index in [2.05, 4.69) is 12.6 Å². The second-order valence-corrected chi connectivity index (χ2v) is 6.36. The fourth-order valence-electron chi connectivity index (χ4n) is 2.57. The molecule has 0 radical (unpaired) electrons. The summed E-state index contributed by atoms with van der Waals surface area (Å²) >= 11 is 4.22. The third-order valence-corrected chi connectivity index (χ3v) is 4.29. The molecule has 2 aromatic rings. The smallest absolute Gasteiger partial charge is 0.193 e. The normalized spacial score (nSPS) is 10.5. The van der Waals surface area contributed by atoms with Crippen LogP contribution in [0.3, 0.4) is 0 Å². The first-order chi connectivity index (χ1) is 11.8. The Morgan fingerprint density at radius 3 is 2.00 bits per heavy atom. The number of hydrogen-bond acceptors (Lipinski definition) is 3. The number of ether oxygens (including phenoxy) is 1. The standard InChI is InChI=1S/C21H26O2S/c22-21(18-10-6-5-7-11-18)19-12-14-20(15-13-19)23-16-8-3-1-2-4-9-17-24/h5-7,10-15,24H,1-4,8-9,16-17H2. The SMILES string of the molecule is O=C(c1ccccc1)c1ccc(OCCCCCCCCS)cc1. The summed E-state index contributed by atoms with van der Waals surface area (Å²) in [4.78, 5) is 12.3. The Kier molecular flexibility index (Phi) is 8.47. The van der Waals surface area contributed by atoms with Crippen LogP contribution in [0.25, 0.3) is 0 Å². The van der Waals surface area contributed by atoms with Crippen molar-refractivity contribution < 1.29 is 9.53 Å². The summed E-state index contributed by atoms with van der Waals surface area (Å²) in [6.45, 7) is 0.735. The van der Waals surface area contributed by atoms with Crippen LogP contribution in [-0.4, -0.2) is 18.1 Å². The zero-order valence-electron chi connectivity index (χ0n) is 14.1. The molecule has 0 bridgehead atoms. The molecule has 2 rings (SSSR count). The van der Waals surface area contributed by atoms with E-state index in [4.69, 9.17) is 4.74 Å². The number of benzene rings is 2. The van der Waals surface area contributed by atoms with E-state index in [0.29, 0.717) is 11.1 Å². The number of carbonyl (C=O) groups is 1. The summed E-state index contributed by atoms with van der Waals surface area (Å²) in [6.07, 6.45) is 7.33. The first kappa shape index (κ1) is 18.6. The van der Waals surface area contributed by atoms with Gasteiger partial charge < -0.3 is 4.74 Å². The van der Waals surface area contributed by atoms with E-state index in [0.717, 1.165) is 24.5 Å². The van der Waals surface area contributed by atoms with Gasteiger partial charge in [-0.1, -0.05) is 56.0 Å². The predicted octanol–water partition coefficient (Wildman–Crippen LogP) is 5.57. The summed E-state index contributed by atoms with van der Waals surface area (Å²) in [5.41, 5.74) is 1.40. The van der Waals surface area contributed by atoms with Crippen molar-refractivity contribution in [2.75, 3.05) is 12.4 Å². The molecule has 128 valence electrons. The zero-order valence-corrected chi connectivity index (χ0v) is 15.0. The van der Waals surface area contributed by atoms with Gasteiger partial charge in [0.1, 0.15) is 5.75 Å². The number of ketones is 1. The summed E-state index contributed by atoms with van der Waals surface area (Å²) in [7, 11) is 0. The Balaban J connectivity index is 1.70. The minimum atomic E-state index is 0.0448. The average Bonchev–Trinajstić information content (AvgIpc) is 2.64. The second-order valence-electron chi connectivity index (χ2n) is 5.91. The van der Waals surface area contributed by atoms with Crippen LogP contribution in [0.15, 0.2) is 54.6 Å². The fourth-order valence-corrected chi connectivity index (χ4v) is 2.79. The maximum atomic E-state index is 12.3. The van der Waals surface area contributed by atoms with Gasteiger partial charge in [0.2, 0.25) is 0 Å². The molecule has 24 heavy (non-hydrogen) atoms. The van der Waals surface area contributed by atoms with Crippen LogP contribution in [-0.2, 0) is 0 Å². The van der Waals surface area contributed by atoms with E-state index in [1.54, 1.807) is 0 Å². The van der Waals surface area contributed by atoms with Gasteiger partial charge in [0.25, 0.3) is 0 Å². The molecule has 0 aliphatic rings. The van der Waals surface area contributed by atoms with Crippen LogP contribution in [0.1, 0.15) is 54.4 Å². The number of rotatable bonds is 11. The molecule has 0 amide bonds. The first-order valence-electron chi connectivity index (χ1n) is 8.75. The van der Waals surface area contributed by atoms with E-state index in [1.807, 2.05) is 54.6 Å². The summed E-state index contributed by atoms with van der Waals surface area (Å²) < 4.78 is 5.75. The Labute approximate surface area is 150 Å². The lowest BCUT2D eigenvalue weighted by Gasteiger charge is -2.07. The van der Waals surface area contributed by atoms with Crippen LogP contribution in [0.5, 0.6) is 5.75 Å². The fraction of sp³-hybridized carbons (Fsp3) is 0.381. The second kappa shape index (κ2) is 10.9. The van der Waals surface area contributed by atoms with Crippen LogP contribution in [0.4, 0.5) is 0 Å². The predicted molar refractivity (Wildman–Crippen MR) is 103 cm³/mol. The molecule has 0 aliphatic heterocycles. The maximum Gasteiger partial charge on any atom is 0.193 e. The topological polar surface area (TPSA) is 26.3 Å². The van der Waals surface area contributed by atoms with Crippen molar-refractivity contribution in [1.29, 1.82) is 0 Å². The third-order valence-electron chi connectivity index (χ3n) is 3.97. The van der Waals surface area contributed by atoms with Crippen molar-refractivity contribution in [3.8, 4) is 5.75 Å². The van der Waals surface area contributed by atoms with Gasteiger partial charge in [-0.25, -0.2) is 0 Å². The molecule has 0 unspecified atom stereocenters. The monoisotopic (exact) mass is 342 g/mol. The van der Waals surface area contributed by atoms with Crippen LogP contribution in [0, 0.1) is 0 Å². The molecule has 0 aromatic heterocycles. The molecular weight excluding hydrogens is 316 g/mol. The largest absolute Gasteiger partial charge is 0.494 e. The molecule has 2 aromatic carbocycles. The highest BCUT2D eigenvalue weighted by atomic mass is 32.1. The first-order valence-corrected chi connectivity index (χ1v) is 9.38. The molecule has 0 saturated heterocycles. The van der Waals surface area contributed by atoms with Crippen molar-refractivity contribution >= 4 is 18.4 Å². The molecule has 0 fully saturated rings. The van der Waals surface area contributed by atoms with E-state index >= 15 is 0 Å². The third kappa shape index (κ3) is 6.40. The van der Waals surface area contributed by atoms with E-state index in [1.165, 1.54) is 32.1 Å². The molecule has 3 heteroatoms. The molecular formula is C21H26O2S. The van der Waals surface area contributed by atoms with Gasteiger partial charge in [-0.3, -0.25) is 4.79 Å². The molecule has 0 aliphatic carbocycles. The lowest BCUT2D eigenvalue weighted by atomic mass is 10.0. The lowest BCUT2D eigenvalue weighted by molar-refractivity contribution is 0.103. The zero-order chi connectivity index (χ0) is 17.0. The van der Waals surface area contributed by atoms with Crippen molar-refractivity contribution in [1.82, 2.24) is 0 Å². The summed E-state index contributed by atoms with van der Waals surface area (Å²) in [5.74, 6) is 1.87. The average molecular weight is 343 g/mol. The van der Waals surface area contributed by atoms with E-state index in [-0.39, 0.29) is 5.78 Å². The van der Waals surface area contributed by atoms with Crippen LogP contribution in [0.2, 0.25) is 0 Å². The highest BCUT2D eigenvalue weighted by molar-refractivity contribution is 7.80. The van der Waals surface area contributed by atoms with Gasteiger partial charge in [-0.15, -0.1) is 0 Å².